The molecule has 1 aliphatic carbocycles. The van der Waals surface area contributed by atoms with Crippen LogP contribution in [0, 0.1) is 5.41 Å². The number of hydrogen-bond acceptors (Lipinski definition) is 3. The standard InChI is InChI=1S/C14H20N4/c1-14(2)7-3-4-11(10-14)16-12-6-9-18-13(17-12)5-8-15-18/h5-6,8-9,11H,3-4,7,10H2,1-2H3,(H,16,17). The fraction of sp³-hybridized carbons (Fsp3) is 0.571. The van der Waals surface area contributed by atoms with Gasteiger partial charge in [-0.05, 0) is 30.7 Å². The van der Waals surface area contributed by atoms with Gasteiger partial charge in [-0.2, -0.15) is 5.10 Å². The summed E-state index contributed by atoms with van der Waals surface area (Å²) in [5, 5.41) is 7.72. The molecule has 2 aromatic rings. The first-order chi connectivity index (χ1) is 8.62. The average molecular weight is 244 g/mol. The van der Waals surface area contributed by atoms with Crippen LogP contribution in [0.4, 0.5) is 5.82 Å². The van der Waals surface area contributed by atoms with Crippen LogP contribution in [0.3, 0.4) is 0 Å². The van der Waals surface area contributed by atoms with Crippen molar-refractivity contribution < 1.29 is 0 Å². The molecule has 1 unspecified atom stereocenters. The average Bonchev–Trinajstić information content (AvgIpc) is 2.74. The van der Waals surface area contributed by atoms with Crippen molar-refractivity contribution in [2.24, 2.45) is 5.41 Å². The van der Waals surface area contributed by atoms with E-state index in [0.29, 0.717) is 11.5 Å². The van der Waals surface area contributed by atoms with E-state index in [1.165, 1.54) is 25.7 Å². The maximum absolute atomic E-state index is 4.57. The van der Waals surface area contributed by atoms with E-state index in [4.69, 9.17) is 0 Å². The number of aromatic nitrogens is 3. The molecule has 1 N–H and O–H groups in total. The number of nitrogens with zero attached hydrogens (tertiary/aromatic N) is 3. The van der Waals surface area contributed by atoms with Crippen LogP contribution in [-0.2, 0) is 0 Å². The zero-order valence-electron chi connectivity index (χ0n) is 11.1. The van der Waals surface area contributed by atoms with Gasteiger partial charge in [-0.3, -0.25) is 0 Å². The van der Waals surface area contributed by atoms with Gasteiger partial charge in [0.2, 0.25) is 0 Å². The molecule has 0 spiro atoms. The quantitative estimate of drug-likeness (QED) is 0.882. The number of fused-ring (bicyclic) bond motifs is 1. The molecule has 0 radical (unpaired) electrons. The molecule has 0 aromatic carbocycles. The van der Waals surface area contributed by atoms with Gasteiger partial charge in [0.25, 0.3) is 0 Å². The van der Waals surface area contributed by atoms with E-state index in [9.17, 15) is 0 Å². The van der Waals surface area contributed by atoms with E-state index in [1.54, 1.807) is 10.7 Å². The summed E-state index contributed by atoms with van der Waals surface area (Å²) < 4.78 is 1.79. The molecule has 96 valence electrons. The summed E-state index contributed by atoms with van der Waals surface area (Å²) in [4.78, 5) is 4.57. The number of anilines is 1. The Labute approximate surface area is 107 Å². The molecule has 18 heavy (non-hydrogen) atoms. The van der Waals surface area contributed by atoms with Crippen LogP contribution in [0.5, 0.6) is 0 Å². The third-order valence-corrected chi connectivity index (χ3v) is 3.82. The van der Waals surface area contributed by atoms with E-state index in [0.717, 1.165) is 11.5 Å². The topological polar surface area (TPSA) is 42.2 Å². The highest BCUT2D eigenvalue weighted by Crippen LogP contribution is 2.36. The lowest BCUT2D eigenvalue weighted by atomic mass is 9.75. The minimum absolute atomic E-state index is 0.455. The van der Waals surface area contributed by atoms with Crippen LogP contribution in [0.15, 0.2) is 24.5 Å². The van der Waals surface area contributed by atoms with Crippen LogP contribution >= 0.6 is 0 Å². The lowest BCUT2D eigenvalue weighted by Crippen LogP contribution is -2.32. The molecule has 1 atom stereocenters. The second kappa shape index (κ2) is 4.26. The minimum atomic E-state index is 0.455. The Hall–Kier alpha value is -1.58. The van der Waals surface area contributed by atoms with Crippen LogP contribution in [0.2, 0.25) is 0 Å². The van der Waals surface area contributed by atoms with Crippen molar-refractivity contribution in [1.29, 1.82) is 0 Å². The highest BCUT2D eigenvalue weighted by atomic mass is 15.2. The van der Waals surface area contributed by atoms with Gasteiger partial charge in [0, 0.05) is 18.3 Å². The predicted octanol–water partition coefficient (Wildman–Crippen LogP) is 3.11. The van der Waals surface area contributed by atoms with Crippen LogP contribution in [-0.4, -0.2) is 20.6 Å². The van der Waals surface area contributed by atoms with Crippen LogP contribution in [0.25, 0.3) is 5.65 Å². The maximum atomic E-state index is 4.57. The van der Waals surface area contributed by atoms with E-state index < -0.39 is 0 Å². The van der Waals surface area contributed by atoms with Crippen molar-refractivity contribution in [2.45, 2.75) is 45.6 Å². The highest BCUT2D eigenvalue weighted by molar-refractivity contribution is 5.45. The van der Waals surface area contributed by atoms with Crippen molar-refractivity contribution in [3.63, 3.8) is 0 Å². The van der Waals surface area contributed by atoms with E-state index in [1.807, 2.05) is 18.3 Å². The highest BCUT2D eigenvalue weighted by Gasteiger charge is 2.27. The molecular formula is C14H20N4. The van der Waals surface area contributed by atoms with Crippen molar-refractivity contribution in [3.8, 4) is 0 Å². The summed E-state index contributed by atoms with van der Waals surface area (Å²) in [7, 11) is 0. The fourth-order valence-electron chi connectivity index (χ4n) is 2.92. The molecule has 3 rings (SSSR count). The van der Waals surface area contributed by atoms with Gasteiger partial charge in [0.05, 0.1) is 6.20 Å². The molecule has 1 saturated carbocycles. The Balaban J connectivity index is 1.75. The van der Waals surface area contributed by atoms with E-state index in [2.05, 4.69) is 29.2 Å². The maximum Gasteiger partial charge on any atom is 0.157 e. The minimum Gasteiger partial charge on any atom is -0.367 e. The molecule has 0 saturated heterocycles. The molecule has 0 aliphatic heterocycles. The SMILES string of the molecule is CC1(C)CCCC(Nc2ccn3nccc3n2)C1. The molecule has 4 heteroatoms. The zero-order chi connectivity index (χ0) is 12.6. The summed E-state index contributed by atoms with van der Waals surface area (Å²) in [5.74, 6) is 0.964. The molecule has 2 aromatic heterocycles. The Morgan fingerprint density at radius 3 is 3.11 bits per heavy atom. The third-order valence-electron chi connectivity index (χ3n) is 3.82. The van der Waals surface area contributed by atoms with Gasteiger partial charge in [-0.25, -0.2) is 9.50 Å². The van der Waals surface area contributed by atoms with E-state index in [-0.39, 0.29) is 0 Å². The molecule has 1 fully saturated rings. The zero-order valence-corrected chi connectivity index (χ0v) is 11.1. The molecular weight excluding hydrogens is 224 g/mol. The van der Waals surface area contributed by atoms with Crippen molar-refractivity contribution in [1.82, 2.24) is 14.6 Å². The first-order valence-corrected chi connectivity index (χ1v) is 6.69. The largest absolute Gasteiger partial charge is 0.367 e. The first-order valence-electron chi connectivity index (χ1n) is 6.69. The van der Waals surface area contributed by atoms with Crippen molar-refractivity contribution in [2.75, 3.05) is 5.32 Å². The van der Waals surface area contributed by atoms with Gasteiger partial charge in [0.15, 0.2) is 5.65 Å². The normalized spacial score (nSPS) is 23.1. The third kappa shape index (κ3) is 2.33. The Bertz CT molecular complexity index is 543. The number of rotatable bonds is 2. The molecule has 4 nitrogen and oxygen atoms in total. The first kappa shape index (κ1) is 11.5. The Morgan fingerprint density at radius 1 is 1.39 bits per heavy atom. The number of hydrogen-bond donors (Lipinski definition) is 1. The molecule has 1 aliphatic rings. The van der Waals surface area contributed by atoms with Gasteiger partial charge in [0.1, 0.15) is 5.82 Å². The van der Waals surface area contributed by atoms with Gasteiger partial charge in [-0.15, -0.1) is 0 Å². The summed E-state index contributed by atoms with van der Waals surface area (Å²) in [5.41, 5.74) is 1.35. The monoisotopic (exact) mass is 244 g/mol. The Kier molecular flexibility index (Phi) is 2.73. The lowest BCUT2D eigenvalue weighted by Gasteiger charge is -2.35. The fourth-order valence-corrected chi connectivity index (χ4v) is 2.92. The van der Waals surface area contributed by atoms with Crippen LogP contribution < -0.4 is 5.32 Å². The smallest absolute Gasteiger partial charge is 0.157 e. The van der Waals surface area contributed by atoms with Gasteiger partial charge in [-0.1, -0.05) is 20.3 Å². The van der Waals surface area contributed by atoms with Crippen molar-refractivity contribution >= 4 is 11.5 Å². The Morgan fingerprint density at radius 2 is 2.28 bits per heavy atom. The molecule has 0 amide bonds. The number of nitrogens with one attached hydrogen (secondary N) is 1. The summed E-state index contributed by atoms with van der Waals surface area (Å²) in [6, 6.07) is 4.48. The second-order valence-corrected chi connectivity index (χ2v) is 6.05. The van der Waals surface area contributed by atoms with Crippen LogP contribution in [0.1, 0.15) is 39.5 Å². The summed E-state index contributed by atoms with van der Waals surface area (Å²) in [6.07, 6.45) is 8.84. The molecule has 2 heterocycles. The molecule has 0 bridgehead atoms. The summed E-state index contributed by atoms with van der Waals surface area (Å²) in [6.45, 7) is 4.71. The van der Waals surface area contributed by atoms with Crippen molar-refractivity contribution in [3.05, 3.63) is 24.5 Å². The predicted molar refractivity (Wildman–Crippen MR) is 72.6 cm³/mol. The van der Waals surface area contributed by atoms with Gasteiger partial charge < -0.3 is 5.32 Å². The van der Waals surface area contributed by atoms with E-state index >= 15 is 0 Å². The lowest BCUT2D eigenvalue weighted by molar-refractivity contribution is 0.229. The second-order valence-electron chi connectivity index (χ2n) is 6.05. The van der Waals surface area contributed by atoms with Gasteiger partial charge >= 0.3 is 0 Å². The summed E-state index contributed by atoms with van der Waals surface area (Å²) >= 11 is 0.